The zero-order valence-electron chi connectivity index (χ0n) is 9.42. The molecule has 16 heavy (non-hydrogen) atoms. The van der Waals surface area contributed by atoms with Crippen LogP contribution in [-0.2, 0) is 6.42 Å². The number of hydrogen-bond donors (Lipinski definition) is 1. The Morgan fingerprint density at radius 3 is 2.38 bits per heavy atom. The molecule has 1 aliphatic rings. The Kier molecular flexibility index (Phi) is 3.13. The summed E-state index contributed by atoms with van der Waals surface area (Å²) < 4.78 is 11.5. The Labute approximate surface area is 104 Å². The fraction of sp³-hybridized carbons (Fsp3) is 0.500. The smallest absolute Gasteiger partial charge is 0.175 e. The van der Waals surface area contributed by atoms with Gasteiger partial charge in [0.1, 0.15) is 0 Å². The van der Waals surface area contributed by atoms with Gasteiger partial charge in [-0.05, 0) is 34.8 Å². The van der Waals surface area contributed by atoms with Crippen LogP contribution in [0.25, 0.3) is 0 Å². The first kappa shape index (κ1) is 11.7. The van der Waals surface area contributed by atoms with Crippen molar-refractivity contribution in [3.8, 4) is 11.5 Å². The summed E-state index contributed by atoms with van der Waals surface area (Å²) in [7, 11) is 3.23. The first-order valence-corrected chi connectivity index (χ1v) is 6.01. The molecule has 1 aliphatic carbocycles. The summed E-state index contributed by atoms with van der Waals surface area (Å²) in [5, 5.41) is 9.93. The van der Waals surface area contributed by atoms with Crippen LogP contribution in [-0.4, -0.2) is 24.9 Å². The maximum absolute atomic E-state index is 9.93. The molecule has 3 nitrogen and oxygen atoms in total. The lowest BCUT2D eigenvalue weighted by atomic mass is 10.0. The van der Waals surface area contributed by atoms with E-state index in [1.165, 1.54) is 0 Å². The van der Waals surface area contributed by atoms with Gasteiger partial charge in [0.2, 0.25) is 0 Å². The second kappa shape index (κ2) is 4.26. The molecule has 0 radical (unpaired) electrons. The molecule has 0 bridgehead atoms. The summed E-state index contributed by atoms with van der Waals surface area (Å²) >= 11 is 3.41. The van der Waals surface area contributed by atoms with Crippen molar-refractivity contribution in [2.45, 2.75) is 24.9 Å². The van der Waals surface area contributed by atoms with Crippen LogP contribution in [0.3, 0.4) is 0 Å². The van der Waals surface area contributed by atoms with Crippen molar-refractivity contribution in [3.05, 3.63) is 22.2 Å². The molecule has 4 heteroatoms. The molecule has 1 aromatic carbocycles. The van der Waals surface area contributed by atoms with Gasteiger partial charge in [0.15, 0.2) is 11.5 Å². The van der Waals surface area contributed by atoms with E-state index >= 15 is 0 Å². The van der Waals surface area contributed by atoms with E-state index in [0.717, 1.165) is 22.9 Å². The highest BCUT2D eigenvalue weighted by atomic mass is 79.9. The van der Waals surface area contributed by atoms with Crippen molar-refractivity contribution in [1.29, 1.82) is 0 Å². The van der Waals surface area contributed by atoms with Crippen molar-refractivity contribution in [2.75, 3.05) is 14.2 Å². The number of aliphatic hydroxyl groups is 1. The third-order valence-corrected chi connectivity index (χ3v) is 3.53. The van der Waals surface area contributed by atoms with Crippen molar-refractivity contribution >= 4 is 15.9 Å². The molecule has 1 aromatic rings. The van der Waals surface area contributed by atoms with E-state index in [0.29, 0.717) is 17.9 Å². The average Bonchev–Trinajstić information content (AvgIpc) is 2.98. The van der Waals surface area contributed by atoms with Crippen molar-refractivity contribution in [1.82, 2.24) is 0 Å². The summed E-state index contributed by atoms with van der Waals surface area (Å²) in [5.74, 6) is 1.39. The first-order chi connectivity index (χ1) is 7.59. The predicted molar refractivity (Wildman–Crippen MR) is 65.1 cm³/mol. The summed E-state index contributed by atoms with van der Waals surface area (Å²) in [6, 6.07) is 3.88. The van der Waals surface area contributed by atoms with E-state index in [2.05, 4.69) is 15.9 Å². The molecular formula is C12H15BrO3. The van der Waals surface area contributed by atoms with Gasteiger partial charge >= 0.3 is 0 Å². The molecule has 2 rings (SSSR count). The number of benzene rings is 1. The maximum Gasteiger partial charge on any atom is 0.175 e. The molecule has 1 fully saturated rings. The van der Waals surface area contributed by atoms with E-state index in [-0.39, 0.29) is 0 Å². The van der Waals surface area contributed by atoms with Crippen molar-refractivity contribution in [2.24, 2.45) is 0 Å². The van der Waals surface area contributed by atoms with Crippen LogP contribution in [0.15, 0.2) is 16.6 Å². The van der Waals surface area contributed by atoms with Gasteiger partial charge < -0.3 is 14.6 Å². The summed E-state index contributed by atoms with van der Waals surface area (Å²) in [6.07, 6.45) is 2.36. The maximum atomic E-state index is 9.93. The SMILES string of the molecule is COc1c(Br)ccc(CC2(O)CC2)c1OC. The lowest BCUT2D eigenvalue weighted by Crippen LogP contribution is -2.12. The van der Waals surface area contributed by atoms with Crippen molar-refractivity contribution in [3.63, 3.8) is 0 Å². The Bertz CT molecular complexity index is 399. The minimum absolute atomic E-state index is 0.522. The zero-order chi connectivity index (χ0) is 11.8. The fourth-order valence-corrected chi connectivity index (χ4v) is 2.28. The summed E-state index contributed by atoms with van der Waals surface area (Å²) in [4.78, 5) is 0. The molecule has 0 heterocycles. The average molecular weight is 287 g/mol. The monoisotopic (exact) mass is 286 g/mol. The highest BCUT2D eigenvalue weighted by Gasteiger charge is 2.41. The van der Waals surface area contributed by atoms with E-state index in [1.54, 1.807) is 14.2 Å². The number of ether oxygens (including phenoxy) is 2. The van der Waals surface area contributed by atoms with Crippen molar-refractivity contribution < 1.29 is 14.6 Å². The second-order valence-corrected chi connectivity index (χ2v) is 5.03. The molecule has 0 atom stereocenters. The molecule has 0 aliphatic heterocycles. The Morgan fingerprint density at radius 2 is 1.88 bits per heavy atom. The predicted octanol–water partition coefficient (Wildman–Crippen LogP) is 2.53. The third-order valence-electron chi connectivity index (χ3n) is 2.90. The van der Waals surface area contributed by atoms with Crippen LogP contribution < -0.4 is 9.47 Å². The number of methoxy groups -OCH3 is 2. The molecule has 1 saturated carbocycles. The lowest BCUT2D eigenvalue weighted by molar-refractivity contribution is 0.149. The van der Waals surface area contributed by atoms with E-state index in [9.17, 15) is 5.11 Å². The molecule has 0 spiro atoms. The molecule has 1 N–H and O–H groups in total. The van der Waals surface area contributed by atoms with Gasteiger partial charge in [-0.3, -0.25) is 0 Å². The van der Waals surface area contributed by atoms with Gasteiger partial charge in [-0.2, -0.15) is 0 Å². The first-order valence-electron chi connectivity index (χ1n) is 5.21. The van der Waals surface area contributed by atoms with Gasteiger partial charge in [-0.15, -0.1) is 0 Å². The van der Waals surface area contributed by atoms with Crippen LogP contribution >= 0.6 is 15.9 Å². The summed E-state index contributed by atoms with van der Waals surface area (Å²) in [5.41, 5.74) is 0.467. The normalized spacial score (nSPS) is 17.0. The van der Waals surface area contributed by atoms with Crippen LogP contribution in [0.5, 0.6) is 11.5 Å². The molecule has 0 unspecified atom stereocenters. The molecule has 0 saturated heterocycles. The largest absolute Gasteiger partial charge is 0.493 e. The summed E-state index contributed by atoms with van der Waals surface area (Å²) in [6.45, 7) is 0. The molecule has 0 aromatic heterocycles. The Balaban J connectivity index is 2.36. The fourth-order valence-electron chi connectivity index (χ4n) is 1.81. The van der Waals surface area contributed by atoms with Gasteiger partial charge in [-0.1, -0.05) is 6.07 Å². The van der Waals surface area contributed by atoms with E-state index < -0.39 is 5.60 Å². The quantitative estimate of drug-likeness (QED) is 0.925. The van der Waals surface area contributed by atoms with Crippen LogP contribution in [0.4, 0.5) is 0 Å². The standard InChI is InChI=1S/C12H15BrO3/c1-15-10-8(7-12(14)5-6-12)3-4-9(13)11(10)16-2/h3-4,14H,5-7H2,1-2H3. The molecule has 88 valence electrons. The number of hydrogen-bond acceptors (Lipinski definition) is 3. The number of halogens is 1. The Hall–Kier alpha value is -0.740. The van der Waals surface area contributed by atoms with Gasteiger partial charge in [0.25, 0.3) is 0 Å². The van der Waals surface area contributed by atoms with Gasteiger partial charge in [0, 0.05) is 12.0 Å². The third kappa shape index (κ3) is 2.18. The Morgan fingerprint density at radius 1 is 1.25 bits per heavy atom. The second-order valence-electron chi connectivity index (χ2n) is 4.17. The van der Waals surface area contributed by atoms with Crippen LogP contribution in [0.2, 0.25) is 0 Å². The van der Waals surface area contributed by atoms with Crippen LogP contribution in [0.1, 0.15) is 18.4 Å². The lowest BCUT2D eigenvalue weighted by Gasteiger charge is -2.16. The highest BCUT2D eigenvalue weighted by molar-refractivity contribution is 9.10. The minimum atomic E-state index is -0.522. The zero-order valence-corrected chi connectivity index (χ0v) is 11.0. The number of rotatable bonds is 4. The highest BCUT2D eigenvalue weighted by Crippen LogP contribution is 2.44. The molecular weight excluding hydrogens is 272 g/mol. The minimum Gasteiger partial charge on any atom is -0.493 e. The van der Waals surface area contributed by atoms with E-state index in [1.807, 2.05) is 12.1 Å². The van der Waals surface area contributed by atoms with Gasteiger partial charge in [-0.25, -0.2) is 0 Å². The molecule has 0 amide bonds. The topological polar surface area (TPSA) is 38.7 Å². The van der Waals surface area contributed by atoms with E-state index in [4.69, 9.17) is 9.47 Å². The van der Waals surface area contributed by atoms with Crippen LogP contribution in [0, 0.1) is 0 Å². The van der Waals surface area contributed by atoms with Gasteiger partial charge in [0.05, 0.1) is 24.3 Å².